The lowest BCUT2D eigenvalue weighted by Crippen LogP contribution is -2.43. The Balaban J connectivity index is 1.23. The minimum atomic E-state index is -4.47. The molecule has 2 aromatic rings. The number of carbonyl (C=O) groups is 1. The first-order valence-electron chi connectivity index (χ1n) is 13.3. The molecule has 0 bridgehead atoms. The van der Waals surface area contributed by atoms with Crippen LogP contribution in [-0.2, 0) is 15.7 Å². The number of amides is 1. The van der Waals surface area contributed by atoms with Gasteiger partial charge in [-0.1, -0.05) is 6.08 Å². The number of alkyl halides is 3. The van der Waals surface area contributed by atoms with Gasteiger partial charge < -0.3 is 10.1 Å². The number of aryl methyl sites for hydroxylation is 1. The Morgan fingerprint density at radius 2 is 1.90 bits per heavy atom. The molecule has 3 aliphatic rings. The van der Waals surface area contributed by atoms with Crippen LogP contribution in [0.15, 0.2) is 41.8 Å². The standard InChI is InChI=1S/C28H33F3N6O2/c1-17-14-22(16-33-26(17)20-4-7-23(8-5-20)36-10-12-39-13-11-36)34-27(38)25-18(2)35-37(19(25)3)24-9-6-21(15-32-24)28(29,30)31/h4,6,9,14-16,19,23,25H,5,7-8,10-13H2,1-3H3,(H,34,38). The summed E-state index contributed by atoms with van der Waals surface area (Å²) in [6.07, 6.45) is 3.33. The van der Waals surface area contributed by atoms with Crippen molar-refractivity contribution in [3.05, 3.63) is 53.5 Å². The van der Waals surface area contributed by atoms with E-state index >= 15 is 0 Å². The van der Waals surface area contributed by atoms with Crippen LogP contribution >= 0.6 is 0 Å². The SMILES string of the molecule is CC1=NN(c2ccc(C(F)(F)F)cn2)C(C)C1C(=O)Nc1cnc(C2=CCC(N3CCOCC3)CC2)c(C)c1. The van der Waals surface area contributed by atoms with Gasteiger partial charge in [-0.25, -0.2) is 9.99 Å². The smallest absolute Gasteiger partial charge is 0.379 e. The van der Waals surface area contributed by atoms with Crippen LogP contribution < -0.4 is 10.3 Å². The second kappa shape index (κ2) is 11.1. The van der Waals surface area contributed by atoms with E-state index in [0.29, 0.717) is 17.4 Å². The average Bonchev–Trinajstić information content (AvgIpc) is 3.22. The number of ether oxygens (including phenoxy) is 1. The molecule has 0 aromatic carbocycles. The van der Waals surface area contributed by atoms with Crippen molar-refractivity contribution in [1.29, 1.82) is 0 Å². The summed E-state index contributed by atoms with van der Waals surface area (Å²) in [6, 6.07) is 4.29. The monoisotopic (exact) mass is 542 g/mol. The number of hydrogen-bond donors (Lipinski definition) is 1. The second-order valence-electron chi connectivity index (χ2n) is 10.4. The van der Waals surface area contributed by atoms with Crippen molar-refractivity contribution in [2.45, 2.75) is 58.3 Å². The fraction of sp³-hybridized carbons (Fsp3) is 0.500. The molecule has 208 valence electrons. The molecule has 1 amide bonds. The molecular formula is C28H33F3N6O2. The molecule has 3 unspecified atom stereocenters. The highest BCUT2D eigenvalue weighted by molar-refractivity contribution is 6.10. The van der Waals surface area contributed by atoms with Crippen molar-refractivity contribution in [3.63, 3.8) is 0 Å². The van der Waals surface area contributed by atoms with Gasteiger partial charge in [-0.15, -0.1) is 0 Å². The van der Waals surface area contributed by atoms with E-state index in [0.717, 1.165) is 69.1 Å². The molecule has 1 fully saturated rings. The van der Waals surface area contributed by atoms with Gasteiger partial charge in [0, 0.05) is 25.3 Å². The van der Waals surface area contributed by atoms with E-state index in [1.165, 1.54) is 16.6 Å². The summed E-state index contributed by atoms with van der Waals surface area (Å²) in [6.45, 7) is 9.11. The Morgan fingerprint density at radius 3 is 2.51 bits per heavy atom. The van der Waals surface area contributed by atoms with Gasteiger partial charge in [-0.3, -0.25) is 14.7 Å². The molecule has 0 radical (unpaired) electrons. The minimum absolute atomic E-state index is 0.252. The van der Waals surface area contributed by atoms with Crippen LogP contribution in [0.2, 0.25) is 0 Å². The highest BCUT2D eigenvalue weighted by Gasteiger charge is 2.39. The number of nitrogens with one attached hydrogen (secondary N) is 1. The van der Waals surface area contributed by atoms with Crippen LogP contribution in [-0.4, -0.2) is 64.9 Å². The van der Waals surface area contributed by atoms with Crippen LogP contribution in [0.5, 0.6) is 0 Å². The maximum atomic E-state index is 13.2. The van der Waals surface area contributed by atoms with Crippen molar-refractivity contribution in [2.24, 2.45) is 11.0 Å². The molecule has 4 heterocycles. The summed E-state index contributed by atoms with van der Waals surface area (Å²) in [4.78, 5) is 24.4. The van der Waals surface area contributed by atoms with Gasteiger partial charge in [0.15, 0.2) is 0 Å². The predicted octanol–water partition coefficient (Wildman–Crippen LogP) is 4.91. The van der Waals surface area contributed by atoms with Crippen molar-refractivity contribution in [3.8, 4) is 0 Å². The van der Waals surface area contributed by atoms with E-state index in [4.69, 9.17) is 4.74 Å². The largest absolute Gasteiger partial charge is 0.417 e. The Kier molecular flexibility index (Phi) is 7.73. The zero-order valence-electron chi connectivity index (χ0n) is 22.3. The summed E-state index contributed by atoms with van der Waals surface area (Å²) < 4.78 is 44.2. The van der Waals surface area contributed by atoms with Gasteiger partial charge in [0.2, 0.25) is 5.91 Å². The molecule has 1 aliphatic carbocycles. The maximum absolute atomic E-state index is 13.2. The first kappa shape index (κ1) is 27.3. The molecule has 39 heavy (non-hydrogen) atoms. The number of allylic oxidation sites excluding steroid dienone is 1. The molecule has 1 saturated heterocycles. The van der Waals surface area contributed by atoms with Gasteiger partial charge in [0.1, 0.15) is 11.7 Å². The number of rotatable bonds is 5. The van der Waals surface area contributed by atoms with Crippen LogP contribution in [0.25, 0.3) is 5.57 Å². The molecule has 8 nitrogen and oxygen atoms in total. The van der Waals surface area contributed by atoms with Gasteiger partial charge in [0.05, 0.1) is 48.1 Å². The lowest BCUT2D eigenvalue weighted by molar-refractivity contribution is -0.137. The van der Waals surface area contributed by atoms with E-state index in [1.807, 2.05) is 13.0 Å². The zero-order chi connectivity index (χ0) is 27.7. The number of halogens is 3. The van der Waals surface area contributed by atoms with E-state index in [-0.39, 0.29) is 11.7 Å². The van der Waals surface area contributed by atoms with E-state index in [9.17, 15) is 18.0 Å². The number of carbonyl (C=O) groups excluding carboxylic acids is 1. The van der Waals surface area contributed by atoms with Gasteiger partial charge in [-0.05, 0) is 69.4 Å². The maximum Gasteiger partial charge on any atom is 0.417 e. The average molecular weight is 543 g/mol. The highest BCUT2D eigenvalue weighted by Crippen LogP contribution is 2.33. The number of anilines is 2. The third kappa shape index (κ3) is 5.84. The van der Waals surface area contributed by atoms with Gasteiger partial charge in [-0.2, -0.15) is 18.3 Å². The normalized spacial score (nSPS) is 24.4. The van der Waals surface area contributed by atoms with Crippen molar-refractivity contribution in [2.75, 3.05) is 36.6 Å². The van der Waals surface area contributed by atoms with Crippen LogP contribution in [0, 0.1) is 12.8 Å². The van der Waals surface area contributed by atoms with E-state index in [2.05, 4.69) is 31.4 Å². The lowest BCUT2D eigenvalue weighted by Gasteiger charge is -2.36. The number of morpholine rings is 1. The first-order chi connectivity index (χ1) is 18.6. The van der Waals surface area contributed by atoms with Crippen molar-refractivity contribution in [1.82, 2.24) is 14.9 Å². The number of pyridine rings is 2. The second-order valence-corrected chi connectivity index (χ2v) is 10.4. The molecule has 3 atom stereocenters. The molecule has 0 saturated carbocycles. The molecular weight excluding hydrogens is 509 g/mol. The molecule has 1 N–H and O–H groups in total. The third-order valence-electron chi connectivity index (χ3n) is 7.77. The Bertz CT molecular complexity index is 1270. The zero-order valence-corrected chi connectivity index (χ0v) is 22.3. The van der Waals surface area contributed by atoms with Crippen LogP contribution in [0.4, 0.5) is 24.7 Å². The Hall–Kier alpha value is -3.31. The summed E-state index contributed by atoms with van der Waals surface area (Å²) in [5.41, 5.74) is 3.51. The minimum Gasteiger partial charge on any atom is -0.379 e. The number of aromatic nitrogens is 2. The summed E-state index contributed by atoms with van der Waals surface area (Å²) in [5, 5.41) is 8.86. The lowest BCUT2D eigenvalue weighted by atomic mass is 9.90. The molecule has 2 aromatic heterocycles. The molecule has 2 aliphatic heterocycles. The van der Waals surface area contributed by atoms with Crippen molar-refractivity contribution < 1.29 is 22.7 Å². The van der Waals surface area contributed by atoms with Crippen LogP contribution in [0.1, 0.15) is 49.9 Å². The fourth-order valence-corrected chi connectivity index (χ4v) is 5.68. The highest BCUT2D eigenvalue weighted by atomic mass is 19.4. The molecule has 5 rings (SSSR count). The Labute approximate surface area is 225 Å². The van der Waals surface area contributed by atoms with Gasteiger partial charge >= 0.3 is 6.18 Å². The third-order valence-corrected chi connectivity index (χ3v) is 7.77. The Morgan fingerprint density at radius 1 is 1.13 bits per heavy atom. The fourth-order valence-electron chi connectivity index (χ4n) is 5.68. The quantitative estimate of drug-likeness (QED) is 0.578. The summed E-state index contributed by atoms with van der Waals surface area (Å²) >= 11 is 0. The number of hydrazone groups is 1. The van der Waals surface area contributed by atoms with Gasteiger partial charge in [0.25, 0.3) is 0 Å². The molecule has 0 spiro atoms. The molecule has 11 heteroatoms. The van der Waals surface area contributed by atoms with Crippen molar-refractivity contribution >= 4 is 28.7 Å². The summed E-state index contributed by atoms with van der Waals surface area (Å²) in [5.74, 6) is -0.590. The summed E-state index contributed by atoms with van der Waals surface area (Å²) in [7, 11) is 0. The number of nitrogens with zero attached hydrogens (tertiary/aromatic N) is 5. The predicted molar refractivity (Wildman–Crippen MR) is 143 cm³/mol. The first-order valence-corrected chi connectivity index (χ1v) is 13.3. The number of hydrogen-bond acceptors (Lipinski definition) is 7. The van der Waals surface area contributed by atoms with E-state index < -0.39 is 23.7 Å². The van der Waals surface area contributed by atoms with Crippen LogP contribution in [0.3, 0.4) is 0 Å². The van der Waals surface area contributed by atoms with E-state index in [1.54, 1.807) is 20.0 Å². The topological polar surface area (TPSA) is 83.0 Å².